The largest absolute Gasteiger partial charge is 0.496 e. The van der Waals surface area contributed by atoms with E-state index in [-0.39, 0.29) is 23.0 Å². The molecule has 1 aromatic rings. The van der Waals surface area contributed by atoms with Gasteiger partial charge in [-0.25, -0.2) is 0 Å². The third kappa shape index (κ3) is 4.30. The Bertz CT molecular complexity index is 485. The molecule has 0 amide bonds. The lowest BCUT2D eigenvalue weighted by Gasteiger charge is -2.24. The highest BCUT2D eigenvalue weighted by Crippen LogP contribution is 2.28. The molecule has 21 heavy (non-hydrogen) atoms. The Morgan fingerprint density at radius 3 is 2.90 bits per heavy atom. The smallest absolute Gasteiger partial charge is 0.270 e. The van der Waals surface area contributed by atoms with Gasteiger partial charge in [-0.3, -0.25) is 15.0 Å². The zero-order valence-corrected chi connectivity index (χ0v) is 13.2. The molecule has 1 N–H and O–H groups in total. The number of ether oxygens (including phenoxy) is 1. The molecule has 0 aliphatic carbocycles. The zero-order chi connectivity index (χ0) is 14.5. The molecule has 1 aliphatic heterocycles. The van der Waals surface area contributed by atoms with Crippen LogP contribution in [0.3, 0.4) is 0 Å². The van der Waals surface area contributed by atoms with Gasteiger partial charge in [0.1, 0.15) is 5.75 Å². The summed E-state index contributed by atoms with van der Waals surface area (Å²) in [6, 6.07) is 5.27. The lowest BCUT2D eigenvalue weighted by Crippen LogP contribution is -2.36. The fourth-order valence-corrected chi connectivity index (χ4v) is 2.79. The number of nitrogens with zero attached hydrogens (tertiary/aromatic N) is 2. The average Bonchev–Trinajstić information content (AvgIpc) is 2.86. The van der Waals surface area contributed by atoms with E-state index in [1.165, 1.54) is 12.5 Å². The summed E-state index contributed by atoms with van der Waals surface area (Å²) in [5.41, 5.74) is 0.995. The Balaban J connectivity index is 0.00000220. The summed E-state index contributed by atoms with van der Waals surface area (Å²) < 4.78 is 5.32. The number of hydrogen-bond acceptors (Lipinski definition) is 5. The van der Waals surface area contributed by atoms with Crippen molar-refractivity contribution in [2.45, 2.75) is 25.4 Å². The minimum absolute atomic E-state index is 0. The summed E-state index contributed by atoms with van der Waals surface area (Å²) in [7, 11) is 3.55. The van der Waals surface area contributed by atoms with Gasteiger partial charge in [-0.2, -0.15) is 0 Å². The maximum absolute atomic E-state index is 10.9. The van der Waals surface area contributed by atoms with E-state index in [4.69, 9.17) is 4.74 Å². The fraction of sp³-hybridized carbons (Fsp3) is 0.571. The number of methoxy groups -OCH3 is 1. The van der Waals surface area contributed by atoms with Crippen molar-refractivity contribution in [1.29, 1.82) is 0 Å². The van der Waals surface area contributed by atoms with E-state index in [2.05, 4.69) is 10.2 Å². The Hall–Kier alpha value is -1.37. The Kier molecular flexibility index (Phi) is 6.87. The molecule has 0 aromatic heterocycles. The van der Waals surface area contributed by atoms with Gasteiger partial charge < -0.3 is 10.1 Å². The maximum Gasteiger partial charge on any atom is 0.270 e. The van der Waals surface area contributed by atoms with E-state index >= 15 is 0 Å². The van der Waals surface area contributed by atoms with E-state index < -0.39 is 0 Å². The minimum atomic E-state index is -0.363. The highest BCUT2D eigenvalue weighted by molar-refractivity contribution is 5.85. The van der Waals surface area contributed by atoms with Gasteiger partial charge in [-0.15, -0.1) is 12.4 Å². The van der Waals surface area contributed by atoms with Crippen molar-refractivity contribution in [1.82, 2.24) is 10.2 Å². The monoisotopic (exact) mass is 315 g/mol. The average molecular weight is 316 g/mol. The second kappa shape index (κ2) is 8.17. The molecule has 1 unspecified atom stereocenters. The first-order valence-corrected chi connectivity index (χ1v) is 6.85. The third-order valence-electron chi connectivity index (χ3n) is 3.79. The van der Waals surface area contributed by atoms with Gasteiger partial charge in [-0.1, -0.05) is 0 Å². The summed E-state index contributed by atoms with van der Waals surface area (Å²) in [6.45, 7) is 2.66. The maximum atomic E-state index is 10.9. The first-order chi connectivity index (χ1) is 9.65. The van der Waals surface area contributed by atoms with Gasteiger partial charge in [0.05, 0.1) is 12.0 Å². The first kappa shape index (κ1) is 17.7. The van der Waals surface area contributed by atoms with Crippen LogP contribution >= 0.6 is 12.4 Å². The minimum Gasteiger partial charge on any atom is -0.496 e. The van der Waals surface area contributed by atoms with Gasteiger partial charge in [0.2, 0.25) is 0 Å². The van der Waals surface area contributed by atoms with Crippen molar-refractivity contribution in [3.05, 3.63) is 33.9 Å². The van der Waals surface area contributed by atoms with E-state index in [1.54, 1.807) is 19.2 Å². The standard InChI is InChI=1S/C14H21N3O3.ClH/c1-15-9-13-4-3-7-16(13)10-11-8-12(17(18)19)5-6-14(11)20-2;/h5-6,8,13,15H,3-4,7,9-10H2,1-2H3;1H. The van der Waals surface area contributed by atoms with Gasteiger partial charge in [0, 0.05) is 36.8 Å². The molecule has 0 bridgehead atoms. The number of nitro benzene ring substituents is 1. The normalized spacial score (nSPS) is 18.3. The molecule has 1 atom stereocenters. The Morgan fingerprint density at radius 1 is 1.52 bits per heavy atom. The number of halogens is 1. The molecule has 0 spiro atoms. The van der Waals surface area contributed by atoms with Crippen molar-refractivity contribution >= 4 is 18.1 Å². The van der Waals surface area contributed by atoms with Gasteiger partial charge in [-0.05, 0) is 32.5 Å². The molecule has 1 aromatic carbocycles. The summed E-state index contributed by atoms with van der Waals surface area (Å²) in [4.78, 5) is 12.9. The Labute approximate surface area is 131 Å². The molecule has 1 fully saturated rings. The van der Waals surface area contributed by atoms with Crippen molar-refractivity contribution in [2.75, 3.05) is 27.2 Å². The number of hydrogen-bond donors (Lipinski definition) is 1. The topological polar surface area (TPSA) is 67.6 Å². The van der Waals surface area contributed by atoms with Crippen LogP contribution in [0.4, 0.5) is 5.69 Å². The summed E-state index contributed by atoms with van der Waals surface area (Å²) in [6.07, 6.45) is 2.33. The van der Waals surface area contributed by atoms with E-state index in [0.717, 1.165) is 25.1 Å². The number of likely N-dealkylation sites (tertiary alicyclic amines) is 1. The van der Waals surface area contributed by atoms with E-state index in [0.29, 0.717) is 18.3 Å². The molecule has 2 rings (SSSR count). The number of nitro groups is 1. The summed E-state index contributed by atoms with van der Waals surface area (Å²) >= 11 is 0. The molecule has 0 saturated carbocycles. The second-order valence-electron chi connectivity index (χ2n) is 5.08. The molecule has 1 aliphatic rings. The number of non-ortho nitro benzene ring substituents is 1. The van der Waals surface area contributed by atoms with Crippen molar-refractivity contribution in [3.63, 3.8) is 0 Å². The quantitative estimate of drug-likeness (QED) is 0.644. The van der Waals surface area contributed by atoms with Crippen LogP contribution in [-0.4, -0.2) is 43.1 Å². The zero-order valence-electron chi connectivity index (χ0n) is 12.4. The third-order valence-corrected chi connectivity index (χ3v) is 3.79. The number of benzene rings is 1. The molecular weight excluding hydrogens is 294 g/mol. The van der Waals surface area contributed by atoms with Crippen LogP contribution in [0.25, 0.3) is 0 Å². The Morgan fingerprint density at radius 2 is 2.29 bits per heavy atom. The van der Waals surface area contributed by atoms with Crippen LogP contribution in [0.1, 0.15) is 18.4 Å². The molecular formula is C14H22ClN3O3. The van der Waals surface area contributed by atoms with Crippen LogP contribution in [-0.2, 0) is 6.54 Å². The number of nitrogens with one attached hydrogen (secondary N) is 1. The van der Waals surface area contributed by atoms with Crippen LogP contribution in [0.5, 0.6) is 5.75 Å². The predicted molar refractivity (Wildman–Crippen MR) is 84.3 cm³/mol. The van der Waals surface area contributed by atoms with Gasteiger partial charge >= 0.3 is 0 Å². The van der Waals surface area contributed by atoms with E-state index in [9.17, 15) is 10.1 Å². The van der Waals surface area contributed by atoms with E-state index in [1.807, 2.05) is 7.05 Å². The molecule has 6 nitrogen and oxygen atoms in total. The number of likely N-dealkylation sites (N-methyl/N-ethyl adjacent to an activating group) is 1. The SMILES string of the molecule is CNCC1CCCN1Cc1cc([N+](=O)[O-])ccc1OC.Cl. The van der Waals surface area contributed by atoms with Crippen molar-refractivity contribution in [2.24, 2.45) is 0 Å². The molecule has 118 valence electrons. The first-order valence-electron chi connectivity index (χ1n) is 6.85. The fourth-order valence-electron chi connectivity index (χ4n) is 2.79. The lowest BCUT2D eigenvalue weighted by molar-refractivity contribution is -0.385. The van der Waals surface area contributed by atoms with Gasteiger partial charge in [0.25, 0.3) is 5.69 Å². The van der Waals surface area contributed by atoms with Crippen LogP contribution in [0.15, 0.2) is 18.2 Å². The molecule has 1 saturated heterocycles. The van der Waals surface area contributed by atoms with Crippen LogP contribution in [0.2, 0.25) is 0 Å². The summed E-state index contributed by atoms with van der Waals surface area (Å²) in [5.74, 6) is 0.714. The molecule has 0 radical (unpaired) electrons. The second-order valence-corrected chi connectivity index (χ2v) is 5.08. The molecule has 1 heterocycles. The highest BCUT2D eigenvalue weighted by Gasteiger charge is 2.25. The molecule has 7 heteroatoms. The van der Waals surface area contributed by atoms with Gasteiger partial charge in [0.15, 0.2) is 0 Å². The predicted octanol–water partition coefficient (Wildman–Crippen LogP) is 2.21. The highest BCUT2D eigenvalue weighted by atomic mass is 35.5. The lowest BCUT2D eigenvalue weighted by atomic mass is 10.1. The van der Waals surface area contributed by atoms with Crippen molar-refractivity contribution in [3.8, 4) is 5.75 Å². The summed E-state index contributed by atoms with van der Waals surface area (Å²) in [5, 5.41) is 14.1. The van der Waals surface area contributed by atoms with Crippen LogP contribution in [0, 0.1) is 10.1 Å². The van der Waals surface area contributed by atoms with Crippen molar-refractivity contribution < 1.29 is 9.66 Å². The van der Waals surface area contributed by atoms with Crippen LogP contribution < -0.4 is 10.1 Å². The number of rotatable bonds is 6.